The van der Waals surface area contributed by atoms with Crippen molar-refractivity contribution in [3.05, 3.63) is 0 Å². The molecule has 0 aromatic carbocycles. The first kappa shape index (κ1) is 15.3. The summed E-state index contributed by atoms with van der Waals surface area (Å²) in [4.78, 5) is 14.5. The van der Waals surface area contributed by atoms with Crippen LogP contribution in [-0.2, 0) is 9.53 Å². The van der Waals surface area contributed by atoms with Gasteiger partial charge in [0.2, 0.25) is 0 Å². The summed E-state index contributed by atoms with van der Waals surface area (Å²) in [6.45, 7) is 3.86. The molecular formula is C17H30N2O2. The largest absolute Gasteiger partial charge is 0.468 e. The third-order valence-electron chi connectivity index (χ3n) is 5.75. The van der Waals surface area contributed by atoms with E-state index in [0.717, 1.165) is 30.8 Å². The number of hydrogen-bond donors (Lipinski definition) is 1. The molecular weight excluding hydrogens is 264 g/mol. The van der Waals surface area contributed by atoms with Crippen molar-refractivity contribution in [1.29, 1.82) is 0 Å². The Labute approximate surface area is 128 Å². The number of nitrogens with one attached hydrogen (secondary N) is 1. The highest BCUT2D eigenvalue weighted by Gasteiger charge is 2.43. The van der Waals surface area contributed by atoms with E-state index >= 15 is 0 Å². The van der Waals surface area contributed by atoms with Crippen LogP contribution < -0.4 is 5.32 Å². The summed E-state index contributed by atoms with van der Waals surface area (Å²) >= 11 is 0. The molecule has 4 atom stereocenters. The molecule has 0 saturated heterocycles. The van der Waals surface area contributed by atoms with Gasteiger partial charge < -0.3 is 9.64 Å². The molecule has 2 bridgehead atoms. The predicted octanol–water partition coefficient (Wildman–Crippen LogP) is 2.04. The maximum atomic E-state index is 12.2. The molecule has 1 N–H and O–H groups in total. The number of fused-ring (bicyclic) bond motifs is 2. The number of methoxy groups -OCH3 is 1. The van der Waals surface area contributed by atoms with Crippen LogP contribution in [-0.4, -0.2) is 49.7 Å². The van der Waals surface area contributed by atoms with Gasteiger partial charge in [0.1, 0.15) is 5.54 Å². The fourth-order valence-electron chi connectivity index (χ4n) is 4.68. The summed E-state index contributed by atoms with van der Waals surface area (Å²) in [5, 5.41) is 3.49. The molecule has 21 heavy (non-hydrogen) atoms. The van der Waals surface area contributed by atoms with Gasteiger partial charge in [0.15, 0.2) is 0 Å². The number of rotatable bonds is 7. The topological polar surface area (TPSA) is 41.6 Å². The second kappa shape index (κ2) is 5.88. The van der Waals surface area contributed by atoms with E-state index in [1.165, 1.54) is 45.6 Å². The van der Waals surface area contributed by atoms with Crippen LogP contribution in [0.2, 0.25) is 0 Å². The lowest BCUT2D eigenvalue weighted by Gasteiger charge is -2.35. The molecule has 0 radical (unpaired) electrons. The highest BCUT2D eigenvalue weighted by atomic mass is 16.5. The average Bonchev–Trinajstić information content (AvgIpc) is 2.99. The van der Waals surface area contributed by atoms with Crippen LogP contribution in [0.25, 0.3) is 0 Å². The first-order valence-corrected chi connectivity index (χ1v) is 8.55. The Hall–Kier alpha value is -0.610. The fourth-order valence-corrected chi connectivity index (χ4v) is 4.68. The van der Waals surface area contributed by atoms with Gasteiger partial charge in [-0.3, -0.25) is 10.1 Å². The molecule has 0 aliphatic heterocycles. The van der Waals surface area contributed by atoms with Crippen LogP contribution in [0.5, 0.6) is 0 Å². The van der Waals surface area contributed by atoms with Crippen molar-refractivity contribution in [3.63, 3.8) is 0 Å². The van der Waals surface area contributed by atoms with E-state index in [1.54, 1.807) is 0 Å². The van der Waals surface area contributed by atoms with E-state index in [0.29, 0.717) is 6.04 Å². The lowest BCUT2D eigenvalue weighted by molar-refractivity contribution is -0.148. The Bertz CT molecular complexity index is 396. The normalized spacial score (nSPS) is 34.2. The molecule has 0 aromatic rings. The van der Waals surface area contributed by atoms with Crippen LogP contribution in [0.15, 0.2) is 0 Å². The second-order valence-corrected chi connectivity index (χ2v) is 7.87. The first-order valence-electron chi connectivity index (χ1n) is 8.55. The molecule has 0 amide bonds. The molecule has 4 heteroatoms. The van der Waals surface area contributed by atoms with Crippen molar-refractivity contribution in [3.8, 4) is 0 Å². The van der Waals surface area contributed by atoms with Crippen molar-refractivity contribution in [2.75, 3.05) is 27.2 Å². The Morgan fingerprint density at radius 1 is 1.29 bits per heavy atom. The highest BCUT2D eigenvalue weighted by molar-refractivity contribution is 5.80. The van der Waals surface area contributed by atoms with Gasteiger partial charge in [-0.15, -0.1) is 0 Å². The number of ether oxygens (including phenoxy) is 1. The van der Waals surface area contributed by atoms with Gasteiger partial charge in [0, 0.05) is 19.1 Å². The standard InChI is InChI=1S/C17H30N2O2/c1-17(16(20)21-3,18-15-6-7-15)11-19(2)10-14-9-12-4-5-13(14)8-12/h12-15,18H,4-11H2,1-3H3. The maximum absolute atomic E-state index is 12.2. The van der Waals surface area contributed by atoms with E-state index in [-0.39, 0.29) is 5.97 Å². The van der Waals surface area contributed by atoms with Gasteiger partial charge >= 0.3 is 5.97 Å². The number of carbonyl (C=O) groups excluding carboxylic acids is 1. The third kappa shape index (κ3) is 3.42. The Morgan fingerprint density at radius 2 is 2.05 bits per heavy atom. The molecule has 3 aliphatic carbocycles. The van der Waals surface area contributed by atoms with Crippen molar-refractivity contribution in [2.24, 2.45) is 17.8 Å². The number of nitrogens with zero attached hydrogens (tertiary/aromatic N) is 1. The average molecular weight is 294 g/mol. The van der Waals surface area contributed by atoms with E-state index in [2.05, 4.69) is 17.3 Å². The van der Waals surface area contributed by atoms with Gasteiger partial charge in [-0.25, -0.2) is 0 Å². The number of likely N-dealkylation sites (N-methyl/N-ethyl adjacent to an activating group) is 1. The van der Waals surface area contributed by atoms with Crippen molar-refractivity contribution in [2.45, 2.75) is 57.0 Å². The Kier molecular flexibility index (Phi) is 4.28. The molecule has 3 fully saturated rings. The van der Waals surface area contributed by atoms with Gasteiger partial charge in [-0.1, -0.05) is 6.42 Å². The fraction of sp³-hybridized carbons (Fsp3) is 0.941. The number of esters is 1. The van der Waals surface area contributed by atoms with Crippen LogP contribution in [0.3, 0.4) is 0 Å². The summed E-state index contributed by atoms with van der Waals surface area (Å²) in [5.74, 6) is 2.65. The van der Waals surface area contributed by atoms with E-state index in [1.807, 2.05) is 6.92 Å². The highest BCUT2D eigenvalue weighted by Crippen LogP contribution is 2.48. The number of hydrogen-bond acceptors (Lipinski definition) is 4. The molecule has 0 spiro atoms. The monoisotopic (exact) mass is 294 g/mol. The van der Waals surface area contributed by atoms with Crippen LogP contribution in [0, 0.1) is 17.8 Å². The van der Waals surface area contributed by atoms with E-state index in [4.69, 9.17) is 4.74 Å². The summed E-state index contributed by atoms with van der Waals surface area (Å²) in [5.41, 5.74) is -0.567. The predicted molar refractivity (Wildman–Crippen MR) is 83.0 cm³/mol. The van der Waals surface area contributed by atoms with Gasteiger partial charge in [-0.2, -0.15) is 0 Å². The minimum Gasteiger partial charge on any atom is -0.468 e. The van der Waals surface area contributed by atoms with Crippen molar-refractivity contribution in [1.82, 2.24) is 10.2 Å². The quantitative estimate of drug-likeness (QED) is 0.730. The second-order valence-electron chi connectivity index (χ2n) is 7.87. The van der Waals surface area contributed by atoms with E-state index < -0.39 is 5.54 Å². The lowest BCUT2D eigenvalue weighted by atomic mass is 9.88. The van der Waals surface area contributed by atoms with Gasteiger partial charge in [0.05, 0.1) is 7.11 Å². The van der Waals surface area contributed by atoms with E-state index in [9.17, 15) is 4.79 Å². The smallest absolute Gasteiger partial charge is 0.327 e. The zero-order chi connectivity index (χ0) is 15.0. The minimum atomic E-state index is -0.567. The Balaban J connectivity index is 1.55. The summed E-state index contributed by atoms with van der Waals surface area (Å²) < 4.78 is 5.04. The zero-order valence-corrected chi connectivity index (χ0v) is 13.7. The summed E-state index contributed by atoms with van der Waals surface area (Å²) in [6.07, 6.45) is 8.10. The summed E-state index contributed by atoms with van der Waals surface area (Å²) in [7, 11) is 3.65. The van der Waals surface area contributed by atoms with Crippen molar-refractivity contribution < 1.29 is 9.53 Å². The lowest BCUT2D eigenvalue weighted by Crippen LogP contribution is -2.58. The molecule has 4 nitrogen and oxygen atoms in total. The molecule has 3 aliphatic rings. The molecule has 3 saturated carbocycles. The first-order chi connectivity index (χ1) is 10.00. The minimum absolute atomic E-state index is 0.130. The third-order valence-corrected chi connectivity index (χ3v) is 5.75. The molecule has 0 aromatic heterocycles. The van der Waals surface area contributed by atoms with Crippen LogP contribution in [0.4, 0.5) is 0 Å². The van der Waals surface area contributed by atoms with Gasteiger partial charge in [0.25, 0.3) is 0 Å². The molecule has 0 heterocycles. The van der Waals surface area contributed by atoms with Gasteiger partial charge in [-0.05, 0) is 63.8 Å². The van der Waals surface area contributed by atoms with Crippen LogP contribution >= 0.6 is 0 Å². The molecule has 4 unspecified atom stereocenters. The van der Waals surface area contributed by atoms with Crippen molar-refractivity contribution >= 4 is 5.97 Å². The summed E-state index contributed by atoms with van der Waals surface area (Å²) in [6, 6.07) is 0.505. The molecule has 120 valence electrons. The maximum Gasteiger partial charge on any atom is 0.327 e. The molecule has 3 rings (SSSR count). The number of carbonyl (C=O) groups is 1. The Morgan fingerprint density at radius 3 is 2.57 bits per heavy atom. The SMILES string of the molecule is COC(=O)C(C)(CN(C)CC1CC2CCC1C2)NC1CC1. The zero-order valence-electron chi connectivity index (χ0n) is 13.7. The van der Waals surface area contributed by atoms with Crippen LogP contribution in [0.1, 0.15) is 45.4 Å².